The quantitative estimate of drug-likeness (QED) is 0.863. The molecule has 0 bridgehead atoms. The second-order valence-corrected chi connectivity index (χ2v) is 7.74. The molecule has 0 radical (unpaired) electrons. The summed E-state index contributed by atoms with van der Waals surface area (Å²) in [7, 11) is 0. The molecule has 0 aliphatic carbocycles. The molecule has 1 saturated heterocycles. The minimum atomic E-state index is -0.0879. The van der Waals surface area contributed by atoms with E-state index in [1.54, 1.807) is 0 Å². The van der Waals surface area contributed by atoms with Gasteiger partial charge in [-0.2, -0.15) is 0 Å². The molecule has 0 saturated carbocycles. The molecular formula is C20H27N3OS. The van der Waals surface area contributed by atoms with Crippen molar-refractivity contribution in [3.63, 3.8) is 0 Å². The highest BCUT2D eigenvalue weighted by molar-refractivity contribution is 7.09. The van der Waals surface area contributed by atoms with Crippen molar-refractivity contribution in [2.24, 2.45) is 0 Å². The zero-order valence-corrected chi connectivity index (χ0v) is 15.8. The van der Waals surface area contributed by atoms with Gasteiger partial charge < -0.3 is 5.32 Å². The molecule has 134 valence electrons. The number of carbonyl (C=O) groups is 1. The van der Waals surface area contributed by atoms with Gasteiger partial charge in [-0.3, -0.25) is 14.6 Å². The van der Waals surface area contributed by atoms with E-state index in [0.29, 0.717) is 0 Å². The lowest BCUT2D eigenvalue weighted by molar-refractivity contribution is -0.127. The molecule has 0 unspecified atom stereocenters. The third kappa shape index (κ3) is 4.91. The first-order valence-electron chi connectivity index (χ1n) is 8.97. The molecule has 1 aromatic heterocycles. The van der Waals surface area contributed by atoms with Crippen molar-refractivity contribution in [1.82, 2.24) is 15.1 Å². The van der Waals surface area contributed by atoms with Crippen LogP contribution in [0.4, 0.5) is 0 Å². The number of amides is 1. The van der Waals surface area contributed by atoms with E-state index in [9.17, 15) is 4.79 Å². The molecule has 3 rings (SSSR count). The van der Waals surface area contributed by atoms with Crippen LogP contribution in [-0.2, 0) is 11.3 Å². The fraction of sp³-hybridized carbons (Fsp3) is 0.450. The summed E-state index contributed by atoms with van der Waals surface area (Å²) in [5.74, 6) is 0.114. The van der Waals surface area contributed by atoms with Crippen LogP contribution in [0.2, 0.25) is 0 Å². The Morgan fingerprint density at radius 1 is 1.08 bits per heavy atom. The second-order valence-electron chi connectivity index (χ2n) is 6.71. The minimum absolute atomic E-state index is 0.0382. The predicted octanol–water partition coefficient (Wildman–Crippen LogP) is 3.13. The highest BCUT2D eigenvalue weighted by Gasteiger charge is 2.26. The van der Waals surface area contributed by atoms with E-state index in [0.717, 1.165) is 38.3 Å². The van der Waals surface area contributed by atoms with Gasteiger partial charge in [-0.25, -0.2) is 0 Å². The first-order chi connectivity index (χ1) is 12.1. The molecular weight excluding hydrogens is 330 g/mol. The normalized spacial score (nSPS) is 18.6. The van der Waals surface area contributed by atoms with Gasteiger partial charge in [0, 0.05) is 37.6 Å². The maximum atomic E-state index is 12.6. The van der Waals surface area contributed by atoms with Crippen LogP contribution in [0.1, 0.15) is 30.3 Å². The minimum Gasteiger partial charge on any atom is -0.348 e. The van der Waals surface area contributed by atoms with Crippen molar-refractivity contribution >= 4 is 17.2 Å². The molecule has 4 nitrogen and oxygen atoms in total. The highest BCUT2D eigenvalue weighted by Crippen LogP contribution is 2.16. The number of hydrogen-bond acceptors (Lipinski definition) is 4. The average Bonchev–Trinajstić information content (AvgIpc) is 3.15. The Hall–Kier alpha value is -1.69. The summed E-state index contributed by atoms with van der Waals surface area (Å²) >= 11 is 1.81. The monoisotopic (exact) mass is 357 g/mol. The van der Waals surface area contributed by atoms with Crippen LogP contribution in [0.3, 0.4) is 0 Å². The number of nitrogens with one attached hydrogen (secondary N) is 1. The molecule has 1 amide bonds. The Labute approximate surface area is 154 Å². The van der Waals surface area contributed by atoms with Crippen LogP contribution in [0.25, 0.3) is 0 Å². The Balaban J connectivity index is 1.46. The predicted molar refractivity (Wildman–Crippen MR) is 104 cm³/mol. The van der Waals surface area contributed by atoms with Gasteiger partial charge in [0.05, 0.1) is 12.1 Å². The summed E-state index contributed by atoms with van der Waals surface area (Å²) in [6.07, 6.45) is 0. The number of nitrogens with zero attached hydrogens (tertiary/aromatic N) is 2. The lowest BCUT2D eigenvalue weighted by Crippen LogP contribution is -2.53. The average molecular weight is 358 g/mol. The van der Waals surface area contributed by atoms with E-state index < -0.39 is 0 Å². The van der Waals surface area contributed by atoms with Gasteiger partial charge in [0.25, 0.3) is 0 Å². The molecule has 2 aromatic rings. The van der Waals surface area contributed by atoms with E-state index >= 15 is 0 Å². The first kappa shape index (κ1) is 18.1. The van der Waals surface area contributed by atoms with Gasteiger partial charge >= 0.3 is 0 Å². The van der Waals surface area contributed by atoms with E-state index in [2.05, 4.69) is 44.8 Å². The largest absolute Gasteiger partial charge is 0.348 e. The summed E-state index contributed by atoms with van der Waals surface area (Å²) in [6, 6.07) is 14.4. The summed E-state index contributed by atoms with van der Waals surface area (Å²) in [6.45, 7) is 9.00. The number of carbonyl (C=O) groups excluding carboxylic acids is 1. The molecule has 0 spiro atoms. The van der Waals surface area contributed by atoms with Crippen molar-refractivity contribution in [2.75, 3.05) is 26.2 Å². The molecule has 25 heavy (non-hydrogen) atoms. The van der Waals surface area contributed by atoms with Crippen LogP contribution >= 0.6 is 11.3 Å². The Kier molecular flexibility index (Phi) is 6.24. The van der Waals surface area contributed by atoms with Gasteiger partial charge in [-0.05, 0) is 30.9 Å². The third-order valence-electron chi connectivity index (χ3n) is 4.95. The first-order valence-corrected chi connectivity index (χ1v) is 9.85. The van der Waals surface area contributed by atoms with E-state index in [1.165, 1.54) is 4.88 Å². The number of piperazine rings is 1. The van der Waals surface area contributed by atoms with Crippen LogP contribution < -0.4 is 5.32 Å². The third-order valence-corrected chi connectivity index (χ3v) is 5.81. The summed E-state index contributed by atoms with van der Waals surface area (Å²) < 4.78 is 0. The Morgan fingerprint density at radius 2 is 1.80 bits per heavy atom. The maximum Gasteiger partial charge on any atom is 0.237 e. The van der Waals surface area contributed by atoms with Gasteiger partial charge in [-0.15, -0.1) is 11.3 Å². The fourth-order valence-corrected chi connectivity index (χ4v) is 4.00. The fourth-order valence-electron chi connectivity index (χ4n) is 3.26. The van der Waals surface area contributed by atoms with E-state index in [1.807, 2.05) is 43.4 Å². The summed E-state index contributed by atoms with van der Waals surface area (Å²) in [5, 5.41) is 5.28. The molecule has 1 fully saturated rings. The van der Waals surface area contributed by atoms with Crippen LogP contribution in [0, 0.1) is 0 Å². The molecule has 2 atom stereocenters. The SMILES string of the molecule is C[C@H](C(=O)N[C@H](C)c1ccccc1)N1CCN(Cc2cccs2)CC1. The smallest absolute Gasteiger partial charge is 0.237 e. The van der Waals surface area contributed by atoms with Crippen molar-refractivity contribution in [2.45, 2.75) is 32.5 Å². The molecule has 1 N–H and O–H groups in total. The number of hydrogen-bond donors (Lipinski definition) is 1. The van der Waals surface area contributed by atoms with Crippen LogP contribution in [0.15, 0.2) is 47.8 Å². The van der Waals surface area contributed by atoms with Crippen molar-refractivity contribution in [1.29, 1.82) is 0 Å². The highest BCUT2D eigenvalue weighted by atomic mass is 32.1. The Bertz CT molecular complexity index is 651. The van der Waals surface area contributed by atoms with E-state index in [-0.39, 0.29) is 18.0 Å². The van der Waals surface area contributed by atoms with Gasteiger partial charge in [-0.1, -0.05) is 36.4 Å². The van der Waals surface area contributed by atoms with Gasteiger partial charge in [0.1, 0.15) is 0 Å². The van der Waals surface area contributed by atoms with Crippen LogP contribution in [0.5, 0.6) is 0 Å². The standard InChI is InChI=1S/C20H27N3OS/c1-16(18-7-4-3-5-8-18)21-20(24)17(2)23-12-10-22(11-13-23)15-19-9-6-14-25-19/h3-9,14,16-17H,10-13,15H2,1-2H3,(H,21,24)/t16-,17-/m1/s1. The van der Waals surface area contributed by atoms with E-state index in [4.69, 9.17) is 0 Å². The molecule has 2 heterocycles. The van der Waals surface area contributed by atoms with Crippen molar-refractivity contribution in [3.8, 4) is 0 Å². The number of thiophene rings is 1. The lowest BCUT2D eigenvalue weighted by atomic mass is 10.1. The molecule has 5 heteroatoms. The molecule has 1 aromatic carbocycles. The van der Waals surface area contributed by atoms with Gasteiger partial charge in [0.2, 0.25) is 5.91 Å². The summed E-state index contributed by atoms with van der Waals surface area (Å²) in [4.78, 5) is 18.8. The summed E-state index contributed by atoms with van der Waals surface area (Å²) in [5.41, 5.74) is 1.14. The molecule has 1 aliphatic heterocycles. The zero-order chi connectivity index (χ0) is 17.6. The van der Waals surface area contributed by atoms with Crippen molar-refractivity contribution < 1.29 is 4.79 Å². The number of benzene rings is 1. The number of rotatable bonds is 6. The zero-order valence-electron chi connectivity index (χ0n) is 15.0. The maximum absolute atomic E-state index is 12.6. The van der Waals surface area contributed by atoms with Crippen molar-refractivity contribution in [3.05, 3.63) is 58.3 Å². The van der Waals surface area contributed by atoms with Gasteiger partial charge in [0.15, 0.2) is 0 Å². The topological polar surface area (TPSA) is 35.6 Å². The van der Waals surface area contributed by atoms with Crippen LogP contribution in [-0.4, -0.2) is 47.9 Å². The Morgan fingerprint density at radius 3 is 2.44 bits per heavy atom. The lowest BCUT2D eigenvalue weighted by Gasteiger charge is -2.37. The second kappa shape index (κ2) is 8.61. The molecule has 1 aliphatic rings.